The summed E-state index contributed by atoms with van der Waals surface area (Å²) < 4.78 is 27.5. The van der Waals surface area contributed by atoms with Crippen molar-refractivity contribution in [2.45, 2.75) is 13.3 Å². The predicted octanol–water partition coefficient (Wildman–Crippen LogP) is -0.932. The minimum Gasteiger partial charge on any atom is -0.314 e. The van der Waals surface area contributed by atoms with Crippen LogP contribution in [0.5, 0.6) is 0 Å². The van der Waals surface area contributed by atoms with Crippen molar-refractivity contribution in [1.82, 2.24) is 19.2 Å². The summed E-state index contributed by atoms with van der Waals surface area (Å²) in [5.41, 5.74) is 0. The number of piperazine rings is 1. The first-order valence-corrected chi connectivity index (χ1v) is 7.64. The molecule has 0 aromatic carbocycles. The van der Waals surface area contributed by atoms with Gasteiger partial charge in [-0.3, -0.25) is 4.90 Å². The monoisotopic (exact) mass is 264 g/mol. The molecule has 0 aromatic rings. The Balaban J connectivity index is 2.24. The van der Waals surface area contributed by atoms with Crippen LogP contribution in [0.3, 0.4) is 0 Å². The Bertz CT molecular complexity index is 301. The van der Waals surface area contributed by atoms with E-state index in [9.17, 15) is 8.42 Å². The van der Waals surface area contributed by atoms with Gasteiger partial charge in [-0.25, -0.2) is 4.72 Å². The molecule has 7 heteroatoms. The van der Waals surface area contributed by atoms with Gasteiger partial charge in [-0.15, -0.1) is 0 Å². The second-order valence-electron chi connectivity index (χ2n) is 4.31. The highest BCUT2D eigenvalue weighted by Gasteiger charge is 2.16. The summed E-state index contributed by atoms with van der Waals surface area (Å²) in [4.78, 5) is 2.26. The van der Waals surface area contributed by atoms with Crippen molar-refractivity contribution in [3.8, 4) is 0 Å². The van der Waals surface area contributed by atoms with Gasteiger partial charge in [0.25, 0.3) is 10.2 Å². The highest BCUT2D eigenvalue weighted by atomic mass is 32.2. The number of nitrogens with zero attached hydrogens (tertiary/aromatic N) is 2. The summed E-state index contributed by atoms with van der Waals surface area (Å²) in [7, 11) is -1.67. The summed E-state index contributed by atoms with van der Waals surface area (Å²) in [5, 5.41) is 3.27. The topological polar surface area (TPSA) is 64.7 Å². The van der Waals surface area contributed by atoms with Crippen LogP contribution < -0.4 is 10.0 Å². The van der Waals surface area contributed by atoms with Gasteiger partial charge in [-0.2, -0.15) is 12.7 Å². The fourth-order valence-electron chi connectivity index (χ4n) is 1.81. The first-order chi connectivity index (χ1) is 8.06. The summed E-state index contributed by atoms with van der Waals surface area (Å²) in [6.45, 7) is 7.75. The van der Waals surface area contributed by atoms with E-state index in [1.54, 1.807) is 7.05 Å². The van der Waals surface area contributed by atoms with Gasteiger partial charge in [0.1, 0.15) is 0 Å². The van der Waals surface area contributed by atoms with Crippen LogP contribution in [0, 0.1) is 0 Å². The lowest BCUT2D eigenvalue weighted by molar-refractivity contribution is 0.244. The van der Waals surface area contributed by atoms with Crippen LogP contribution in [0.2, 0.25) is 0 Å². The average Bonchev–Trinajstić information content (AvgIpc) is 2.30. The zero-order chi connectivity index (χ0) is 12.7. The molecule has 0 aromatic heterocycles. The van der Waals surface area contributed by atoms with Gasteiger partial charge in [0.05, 0.1) is 0 Å². The van der Waals surface area contributed by atoms with Crippen LogP contribution in [-0.2, 0) is 10.2 Å². The summed E-state index contributed by atoms with van der Waals surface area (Å²) >= 11 is 0. The number of rotatable bonds is 7. The van der Waals surface area contributed by atoms with E-state index in [1.165, 1.54) is 4.31 Å². The van der Waals surface area contributed by atoms with E-state index in [4.69, 9.17) is 0 Å². The molecule has 0 bridgehead atoms. The van der Waals surface area contributed by atoms with E-state index >= 15 is 0 Å². The third-order valence-electron chi connectivity index (χ3n) is 2.87. The molecule has 0 amide bonds. The molecule has 0 radical (unpaired) electrons. The molecule has 0 saturated carbocycles. The van der Waals surface area contributed by atoms with Gasteiger partial charge in [-0.1, -0.05) is 6.92 Å². The SMILES string of the molecule is CCCN(C)S(=O)(=O)NCCN1CCNCC1. The highest BCUT2D eigenvalue weighted by Crippen LogP contribution is 1.96. The normalized spacial score (nSPS) is 18.8. The van der Waals surface area contributed by atoms with E-state index in [0.29, 0.717) is 13.1 Å². The first kappa shape index (κ1) is 14.8. The quantitative estimate of drug-likeness (QED) is 0.623. The molecule has 1 aliphatic heterocycles. The van der Waals surface area contributed by atoms with Gasteiger partial charge in [0.2, 0.25) is 0 Å². The second kappa shape index (κ2) is 7.27. The number of nitrogens with one attached hydrogen (secondary N) is 2. The van der Waals surface area contributed by atoms with Crippen LogP contribution in [-0.4, -0.2) is 70.5 Å². The molecule has 0 spiro atoms. The molecular formula is C10H24N4O2S. The lowest BCUT2D eigenvalue weighted by Gasteiger charge is -2.27. The summed E-state index contributed by atoms with van der Waals surface area (Å²) in [5.74, 6) is 0. The molecule has 102 valence electrons. The summed E-state index contributed by atoms with van der Waals surface area (Å²) in [6.07, 6.45) is 0.829. The van der Waals surface area contributed by atoms with Gasteiger partial charge in [-0.05, 0) is 6.42 Å². The Morgan fingerprint density at radius 2 is 2.00 bits per heavy atom. The number of hydrogen-bond acceptors (Lipinski definition) is 4. The van der Waals surface area contributed by atoms with Crippen molar-refractivity contribution in [3.63, 3.8) is 0 Å². The van der Waals surface area contributed by atoms with Gasteiger partial charge in [0.15, 0.2) is 0 Å². The minimum absolute atomic E-state index is 0.483. The van der Waals surface area contributed by atoms with Crippen molar-refractivity contribution in [1.29, 1.82) is 0 Å². The molecule has 2 N–H and O–H groups in total. The molecule has 0 aliphatic carbocycles. The maximum atomic E-state index is 11.7. The summed E-state index contributed by atoms with van der Waals surface area (Å²) in [6, 6.07) is 0. The fourth-order valence-corrected chi connectivity index (χ4v) is 2.81. The Hall–Kier alpha value is -0.210. The molecule has 1 fully saturated rings. The zero-order valence-corrected chi connectivity index (χ0v) is 11.6. The fraction of sp³-hybridized carbons (Fsp3) is 1.00. The van der Waals surface area contributed by atoms with Crippen molar-refractivity contribution in [2.75, 3.05) is 52.9 Å². The third kappa shape index (κ3) is 5.31. The van der Waals surface area contributed by atoms with Crippen molar-refractivity contribution in [3.05, 3.63) is 0 Å². The van der Waals surface area contributed by atoms with Crippen molar-refractivity contribution >= 4 is 10.2 Å². The van der Waals surface area contributed by atoms with Crippen LogP contribution in [0.1, 0.15) is 13.3 Å². The standard InChI is InChI=1S/C10H24N4O2S/c1-3-7-13(2)17(15,16)12-6-10-14-8-4-11-5-9-14/h11-12H,3-10H2,1-2H3. The van der Waals surface area contributed by atoms with E-state index < -0.39 is 10.2 Å². The molecule has 17 heavy (non-hydrogen) atoms. The Kier molecular flexibility index (Phi) is 6.35. The van der Waals surface area contributed by atoms with Crippen molar-refractivity contribution in [2.24, 2.45) is 0 Å². The Morgan fingerprint density at radius 1 is 1.35 bits per heavy atom. The molecule has 1 rings (SSSR count). The van der Waals surface area contributed by atoms with E-state index in [0.717, 1.165) is 39.1 Å². The average molecular weight is 264 g/mol. The van der Waals surface area contributed by atoms with Crippen LogP contribution in [0.4, 0.5) is 0 Å². The van der Waals surface area contributed by atoms with Gasteiger partial charge < -0.3 is 5.32 Å². The predicted molar refractivity (Wildman–Crippen MR) is 69.2 cm³/mol. The smallest absolute Gasteiger partial charge is 0.279 e. The molecule has 1 aliphatic rings. The van der Waals surface area contributed by atoms with Gasteiger partial charge >= 0.3 is 0 Å². The first-order valence-electron chi connectivity index (χ1n) is 6.20. The minimum atomic E-state index is -3.28. The molecule has 1 heterocycles. The molecule has 0 atom stereocenters. The third-order valence-corrected chi connectivity index (χ3v) is 4.44. The Morgan fingerprint density at radius 3 is 2.59 bits per heavy atom. The Labute approximate surface area is 105 Å². The molecular weight excluding hydrogens is 240 g/mol. The molecule has 0 unspecified atom stereocenters. The van der Waals surface area contributed by atoms with Crippen LogP contribution in [0.25, 0.3) is 0 Å². The number of hydrogen-bond donors (Lipinski definition) is 2. The van der Waals surface area contributed by atoms with Crippen LogP contribution >= 0.6 is 0 Å². The maximum Gasteiger partial charge on any atom is 0.279 e. The molecule has 1 saturated heterocycles. The van der Waals surface area contributed by atoms with Gasteiger partial charge in [0, 0.05) is 52.9 Å². The second-order valence-corrected chi connectivity index (χ2v) is 6.17. The lowest BCUT2D eigenvalue weighted by atomic mass is 10.3. The highest BCUT2D eigenvalue weighted by molar-refractivity contribution is 7.87. The van der Waals surface area contributed by atoms with E-state index in [-0.39, 0.29) is 0 Å². The van der Waals surface area contributed by atoms with Crippen LogP contribution in [0.15, 0.2) is 0 Å². The zero-order valence-electron chi connectivity index (χ0n) is 10.8. The van der Waals surface area contributed by atoms with E-state index in [1.807, 2.05) is 6.92 Å². The van der Waals surface area contributed by atoms with E-state index in [2.05, 4.69) is 14.9 Å². The lowest BCUT2D eigenvalue weighted by Crippen LogP contribution is -2.47. The maximum absolute atomic E-state index is 11.7. The van der Waals surface area contributed by atoms with Crippen molar-refractivity contribution < 1.29 is 8.42 Å². The molecule has 6 nitrogen and oxygen atoms in total. The largest absolute Gasteiger partial charge is 0.314 e.